The summed E-state index contributed by atoms with van der Waals surface area (Å²) in [6.07, 6.45) is 2.82. The standard InChI is InChI=1S/C20H15IN2O3/c21-15-5-3-6-17(12-15)23-19(24)13-26-20(25)11-10-16-9-8-14-4-1-2-7-18(14)22-16/h1-12H,13H2,(H,23,24)/b11-10+. The number of carbonyl (C=O) groups excluding carboxylic acids is 2. The lowest BCUT2D eigenvalue weighted by atomic mass is 10.2. The van der Waals surface area contributed by atoms with Crippen molar-refractivity contribution in [3.05, 3.63) is 76.0 Å². The predicted molar refractivity (Wildman–Crippen MR) is 110 cm³/mol. The molecule has 0 unspecified atom stereocenters. The number of carbonyl (C=O) groups is 2. The largest absolute Gasteiger partial charge is 0.452 e. The molecule has 1 heterocycles. The number of nitrogens with one attached hydrogen (secondary N) is 1. The predicted octanol–water partition coefficient (Wildman–Crippen LogP) is 4.03. The van der Waals surface area contributed by atoms with Crippen molar-refractivity contribution in [3.63, 3.8) is 0 Å². The van der Waals surface area contributed by atoms with Crippen LogP contribution in [-0.2, 0) is 14.3 Å². The lowest BCUT2D eigenvalue weighted by Crippen LogP contribution is -2.20. The number of para-hydroxylation sites is 1. The fourth-order valence-corrected chi connectivity index (χ4v) is 2.82. The van der Waals surface area contributed by atoms with E-state index in [2.05, 4.69) is 32.9 Å². The van der Waals surface area contributed by atoms with Gasteiger partial charge in [-0.3, -0.25) is 4.79 Å². The molecule has 130 valence electrons. The number of nitrogens with zero attached hydrogens (tertiary/aromatic N) is 1. The van der Waals surface area contributed by atoms with Gasteiger partial charge in [0, 0.05) is 20.7 Å². The average molecular weight is 458 g/mol. The van der Waals surface area contributed by atoms with Gasteiger partial charge >= 0.3 is 5.97 Å². The number of esters is 1. The summed E-state index contributed by atoms with van der Waals surface area (Å²) in [5.74, 6) is -0.990. The molecular formula is C20H15IN2O3. The Morgan fingerprint density at radius 3 is 2.77 bits per heavy atom. The van der Waals surface area contributed by atoms with E-state index >= 15 is 0 Å². The van der Waals surface area contributed by atoms with Crippen LogP contribution in [0.15, 0.2) is 66.7 Å². The van der Waals surface area contributed by atoms with Crippen molar-refractivity contribution in [1.29, 1.82) is 0 Å². The first kappa shape index (κ1) is 18.1. The quantitative estimate of drug-likeness (QED) is 0.356. The molecule has 0 saturated carbocycles. The molecule has 6 heteroatoms. The van der Waals surface area contributed by atoms with E-state index in [0.717, 1.165) is 14.5 Å². The molecule has 0 saturated heterocycles. The van der Waals surface area contributed by atoms with Gasteiger partial charge in [0.2, 0.25) is 0 Å². The number of fused-ring (bicyclic) bond motifs is 1. The number of aromatic nitrogens is 1. The molecular weight excluding hydrogens is 443 g/mol. The van der Waals surface area contributed by atoms with Gasteiger partial charge in [0.15, 0.2) is 6.61 Å². The van der Waals surface area contributed by atoms with Crippen molar-refractivity contribution in [2.45, 2.75) is 0 Å². The number of anilines is 1. The van der Waals surface area contributed by atoms with Gasteiger partial charge in [-0.25, -0.2) is 9.78 Å². The molecule has 0 aliphatic heterocycles. The minimum Gasteiger partial charge on any atom is -0.452 e. The third-order valence-corrected chi connectivity index (χ3v) is 4.14. The van der Waals surface area contributed by atoms with Gasteiger partial charge in [-0.05, 0) is 59.0 Å². The molecule has 1 amide bonds. The topological polar surface area (TPSA) is 68.3 Å². The zero-order valence-corrected chi connectivity index (χ0v) is 15.8. The molecule has 0 aliphatic carbocycles. The lowest BCUT2D eigenvalue weighted by Gasteiger charge is -2.05. The molecule has 1 aromatic heterocycles. The molecule has 5 nitrogen and oxygen atoms in total. The maximum Gasteiger partial charge on any atom is 0.331 e. The Hall–Kier alpha value is -2.74. The Kier molecular flexibility index (Phi) is 5.96. The van der Waals surface area contributed by atoms with Crippen LogP contribution in [0.1, 0.15) is 5.69 Å². The van der Waals surface area contributed by atoms with E-state index in [-0.39, 0.29) is 6.61 Å². The first-order valence-electron chi connectivity index (χ1n) is 7.86. The number of pyridine rings is 1. The van der Waals surface area contributed by atoms with Crippen LogP contribution in [-0.4, -0.2) is 23.5 Å². The molecule has 0 atom stereocenters. The molecule has 0 bridgehead atoms. The minimum atomic E-state index is -0.599. The normalized spacial score (nSPS) is 10.8. The van der Waals surface area contributed by atoms with Gasteiger partial charge in [-0.15, -0.1) is 0 Å². The first-order valence-corrected chi connectivity index (χ1v) is 8.94. The van der Waals surface area contributed by atoms with Gasteiger partial charge in [0.25, 0.3) is 5.91 Å². The maximum atomic E-state index is 11.8. The Bertz CT molecular complexity index is 985. The number of halogens is 1. The molecule has 1 N–H and O–H groups in total. The van der Waals surface area contributed by atoms with Gasteiger partial charge in [-0.1, -0.05) is 30.3 Å². The second-order valence-electron chi connectivity index (χ2n) is 5.43. The number of hydrogen-bond acceptors (Lipinski definition) is 4. The van der Waals surface area contributed by atoms with Gasteiger partial charge in [0.1, 0.15) is 0 Å². The van der Waals surface area contributed by atoms with Crippen LogP contribution >= 0.6 is 22.6 Å². The van der Waals surface area contributed by atoms with E-state index in [1.165, 1.54) is 6.08 Å². The van der Waals surface area contributed by atoms with Crippen molar-refractivity contribution in [3.8, 4) is 0 Å². The number of ether oxygens (including phenoxy) is 1. The van der Waals surface area contributed by atoms with Crippen LogP contribution in [0.5, 0.6) is 0 Å². The Labute approximate surface area is 164 Å². The van der Waals surface area contributed by atoms with E-state index in [9.17, 15) is 9.59 Å². The highest BCUT2D eigenvalue weighted by Gasteiger charge is 2.06. The number of hydrogen-bond donors (Lipinski definition) is 1. The zero-order chi connectivity index (χ0) is 18.4. The van der Waals surface area contributed by atoms with Crippen molar-refractivity contribution in [1.82, 2.24) is 4.98 Å². The highest BCUT2D eigenvalue weighted by Crippen LogP contribution is 2.13. The summed E-state index contributed by atoms with van der Waals surface area (Å²) in [7, 11) is 0. The monoisotopic (exact) mass is 458 g/mol. The van der Waals surface area contributed by atoms with Gasteiger partial charge in [-0.2, -0.15) is 0 Å². The summed E-state index contributed by atoms with van der Waals surface area (Å²) in [6.45, 7) is -0.347. The minimum absolute atomic E-state index is 0.347. The Balaban J connectivity index is 1.52. The fraction of sp³-hybridized carbons (Fsp3) is 0.0500. The number of amides is 1. The summed E-state index contributed by atoms with van der Waals surface area (Å²) >= 11 is 2.15. The van der Waals surface area contributed by atoms with Gasteiger partial charge < -0.3 is 10.1 Å². The summed E-state index contributed by atoms with van der Waals surface area (Å²) in [6, 6.07) is 18.8. The Morgan fingerprint density at radius 2 is 1.92 bits per heavy atom. The highest BCUT2D eigenvalue weighted by atomic mass is 127. The summed E-state index contributed by atoms with van der Waals surface area (Å²) in [5, 5.41) is 3.70. The molecule has 0 aliphatic rings. The highest BCUT2D eigenvalue weighted by molar-refractivity contribution is 14.1. The molecule has 0 fully saturated rings. The van der Waals surface area contributed by atoms with Crippen molar-refractivity contribution < 1.29 is 14.3 Å². The summed E-state index contributed by atoms with van der Waals surface area (Å²) in [5.41, 5.74) is 2.15. The lowest BCUT2D eigenvalue weighted by molar-refractivity contribution is -0.142. The van der Waals surface area contributed by atoms with Crippen LogP contribution in [0.2, 0.25) is 0 Å². The van der Waals surface area contributed by atoms with Crippen LogP contribution < -0.4 is 5.32 Å². The van der Waals surface area contributed by atoms with Crippen LogP contribution in [0.4, 0.5) is 5.69 Å². The van der Waals surface area contributed by atoms with Gasteiger partial charge in [0.05, 0.1) is 11.2 Å². The molecule has 3 aromatic rings. The third-order valence-electron chi connectivity index (χ3n) is 3.46. The van der Waals surface area contributed by atoms with Crippen LogP contribution in [0.3, 0.4) is 0 Å². The van der Waals surface area contributed by atoms with E-state index in [4.69, 9.17) is 4.74 Å². The smallest absolute Gasteiger partial charge is 0.331 e. The second-order valence-corrected chi connectivity index (χ2v) is 6.67. The maximum absolute atomic E-state index is 11.8. The van der Waals surface area contributed by atoms with Crippen LogP contribution in [0.25, 0.3) is 17.0 Å². The van der Waals surface area contributed by atoms with Crippen molar-refractivity contribution in [2.75, 3.05) is 11.9 Å². The summed E-state index contributed by atoms with van der Waals surface area (Å²) < 4.78 is 5.95. The van der Waals surface area contributed by atoms with E-state index in [1.807, 2.05) is 54.6 Å². The van der Waals surface area contributed by atoms with Crippen molar-refractivity contribution >= 4 is 57.1 Å². The number of rotatable bonds is 5. The van der Waals surface area contributed by atoms with E-state index in [0.29, 0.717) is 11.4 Å². The SMILES string of the molecule is O=C(COC(=O)/C=C/c1ccc2ccccc2n1)Nc1cccc(I)c1. The first-order chi connectivity index (χ1) is 12.6. The second kappa shape index (κ2) is 8.57. The van der Waals surface area contributed by atoms with Crippen molar-refractivity contribution in [2.24, 2.45) is 0 Å². The van der Waals surface area contributed by atoms with E-state index in [1.54, 1.807) is 12.1 Å². The van der Waals surface area contributed by atoms with E-state index < -0.39 is 11.9 Å². The zero-order valence-electron chi connectivity index (χ0n) is 13.7. The molecule has 3 rings (SSSR count). The fourth-order valence-electron chi connectivity index (χ4n) is 2.28. The molecule has 0 spiro atoms. The molecule has 2 aromatic carbocycles. The number of benzene rings is 2. The average Bonchev–Trinajstić information content (AvgIpc) is 2.64. The summed E-state index contributed by atoms with van der Waals surface area (Å²) in [4.78, 5) is 28.0. The molecule has 0 radical (unpaired) electrons. The molecule has 26 heavy (non-hydrogen) atoms. The Morgan fingerprint density at radius 1 is 1.08 bits per heavy atom. The third kappa shape index (κ3) is 5.13. The van der Waals surface area contributed by atoms with Crippen LogP contribution in [0, 0.1) is 3.57 Å².